The molecule has 1 amide bonds. The van der Waals surface area contributed by atoms with Crippen LogP contribution in [0.15, 0.2) is 46.9 Å². The van der Waals surface area contributed by atoms with Gasteiger partial charge in [0.25, 0.3) is 5.91 Å². The van der Waals surface area contributed by atoms with Crippen LogP contribution in [0, 0.1) is 5.82 Å². The van der Waals surface area contributed by atoms with Crippen LogP contribution in [0.2, 0.25) is 0 Å². The van der Waals surface area contributed by atoms with Gasteiger partial charge in [-0.3, -0.25) is 4.79 Å². The van der Waals surface area contributed by atoms with Gasteiger partial charge in [-0.2, -0.15) is 0 Å². The third kappa shape index (κ3) is 6.14. The van der Waals surface area contributed by atoms with Gasteiger partial charge in [0.2, 0.25) is 0 Å². The molecule has 0 saturated carbocycles. The molecule has 2 aromatic carbocycles. The predicted octanol–water partition coefficient (Wildman–Crippen LogP) is 4.10. The minimum Gasteiger partial charge on any atom is -0.480 e. The summed E-state index contributed by atoms with van der Waals surface area (Å²) in [4.78, 5) is 14.4. The maximum absolute atomic E-state index is 13.1. The molecule has 0 radical (unpaired) electrons. The lowest BCUT2D eigenvalue weighted by Crippen LogP contribution is -2.30. The number of rotatable bonds is 7. The average Bonchev–Trinajstić information content (AvgIpc) is 2.56. The number of hydrogen-bond acceptors (Lipinski definition) is 3. The lowest BCUT2D eigenvalue weighted by atomic mass is 10.1. The van der Waals surface area contributed by atoms with Crippen molar-refractivity contribution >= 4 is 27.5 Å². The maximum Gasteiger partial charge on any atom is 0.265 e. The topological polar surface area (TPSA) is 41.6 Å². The van der Waals surface area contributed by atoms with Gasteiger partial charge in [0.15, 0.2) is 6.10 Å². The Labute approximate surface area is 156 Å². The number of carbonyl (C=O) groups is 1. The van der Waals surface area contributed by atoms with Crippen molar-refractivity contribution in [2.75, 3.05) is 26.0 Å². The van der Waals surface area contributed by atoms with E-state index in [1.54, 1.807) is 6.92 Å². The molecule has 2 aromatic rings. The fraction of sp³-hybridized carbons (Fsp3) is 0.316. The zero-order chi connectivity index (χ0) is 18.4. The summed E-state index contributed by atoms with van der Waals surface area (Å²) in [5.41, 5.74) is 1.93. The number of anilines is 1. The Hall–Kier alpha value is -1.92. The predicted molar refractivity (Wildman–Crippen MR) is 102 cm³/mol. The van der Waals surface area contributed by atoms with E-state index in [-0.39, 0.29) is 11.7 Å². The minimum atomic E-state index is -0.713. The van der Waals surface area contributed by atoms with Crippen molar-refractivity contribution in [1.29, 1.82) is 0 Å². The zero-order valence-electron chi connectivity index (χ0n) is 14.6. The second-order valence-corrected chi connectivity index (χ2v) is 6.93. The standard InChI is InChI=1S/C19H22BrFN2O2/c1-13(25-18-9-6-15(21)12-17(18)20)19(24)22-16-7-4-14(5-8-16)10-11-23(2)3/h4-9,12-13H,10-11H2,1-3H3,(H,22,24). The third-order valence-corrected chi connectivity index (χ3v) is 4.26. The van der Waals surface area contributed by atoms with E-state index in [1.807, 2.05) is 38.4 Å². The van der Waals surface area contributed by atoms with Gasteiger partial charge < -0.3 is 15.0 Å². The summed E-state index contributed by atoms with van der Waals surface area (Å²) < 4.78 is 19.2. The van der Waals surface area contributed by atoms with Gasteiger partial charge in [-0.15, -0.1) is 0 Å². The second kappa shape index (κ2) is 8.97. The number of nitrogens with zero attached hydrogens (tertiary/aromatic N) is 1. The molecule has 0 aliphatic carbocycles. The van der Waals surface area contributed by atoms with Crippen LogP contribution in [0.4, 0.5) is 10.1 Å². The van der Waals surface area contributed by atoms with Crippen molar-refractivity contribution in [2.45, 2.75) is 19.4 Å². The maximum atomic E-state index is 13.1. The molecule has 134 valence electrons. The number of amides is 1. The van der Waals surface area contributed by atoms with Gasteiger partial charge in [0.1, 0.15) is 11.6 Å². The van der Waals surface area contributed by atoms with E-state index in [2.05, 4.69) is 26.1 Å². The van der Waals surface area contributed by atoms with Crippen molar-refractivity contribution in [3.63, 3.8) is 0 Å². The molecule has 0 aliphatic heterocycles. The van der Waals surface area contributed by atoms with Gasteiger partial charge in [-0.1, -0.05) is 12.1 Å². The van der Waals surface area contributed by atoms with Gasteiger partial charge in [-0.05, 0) is 79.3 Å². The number of benzene rings is 2. The zero-order valence-corrected chi connectivity index (χ0v) is 16.1. The summed E-state index contributed by atoms with van der Waals surface area (Å²) in [6.45, 7) is 2.62. The molecule has 1 atom stereocenters. The molecule has 0 heterocycles. The summed E-state index contributed by atoms with van der Waals surface area (Å²) in [6, 6.07) is 11.8. The van der Waals surface area contributed by atoms with Crippen LogP contribution in [-0.2, 0) is 11.2 Å². The third-order valence-electron chi connectivity index (χ3n) is 3.64. The molecule has 0 aromatic heterocycles. The fourth-order valence-corrected chi connectivity index (χ4v) is 2.61. The molecule has 25 heavy (non-hydrogen) atoms. The monoisotopic (exact) mass is 408 g/mol. The van der Waals surface area contributed by atoms with Crippen molar-refractivity contribution in [1.82, 2.24) is 4.90 Å². The first-order chi connectivity index (χ1) is 11.8. The van der Waals surface area contributed by atoms with E-state index >= 15 is 0 Å². The summed E-state index contributed by atoms with van der Waals surface area (Å²) in [7, 11) is 4.07. The Morgan fingerprint density at radius 1 is 1.24 bits per heavy atom. The van der Waals surface area contributed by atoms with E-state index in [9.17, 15) is 9.18 Å². The number of likely N-dealkylation sites (N-methyl/N-ethyl adjacent to an activating group) is 1. The Morgan fingerprint density at radius 2 is 1.92 bits per heavy atom. The van der Waals surface area contributed by atoms with E-state index in [0.717, 1.165) is 13.0 Å². The molecule has 0 aliphatic rings. The molecule has 1 N–H and O–H groups in total. The minimum absolute atomic E-state index is 0.266. The summed E-state index contributed by atoms with van der Waals surface area (Å²) in [5, 5.41) is 2.82. The fourth-order valence-electron chi connectivity index (χ4n) is 2.17. The van der Waals surface area contributed by atoms with E-state index in [0.29, 0.717) is 15.9 Å². The molecular weight excluding hydrogens is 387 g/mol. The normalized spacial score (nSPS) is 12.1. The van der Waals surface area contributed by atoms with Gasteiger partial charge in [0.05, 0.1) is 4.47 Å². The van der Waals surface area contributed by atoms with Crippen LogP contribution in [0.3, 0.4) is 0 Å². The second-order valence-electron chi connectivity index (χ2n) is 6.07. The first-order valence-electron chi connectivity index (χ1n) is 8.01. The summed E-state index contributed by atoms with van der Waals surface area (Å²) >= 11 is 3.22. The van der Waals surface area contributed by atoms with Crippen LogP contribution < -0.4 is 10.1 Å². The first kappa shape index (κ1) is 19.4. The van der Waals surface area contributed by atoms with Crippen molar-refractivity contribution in [3.8, 4) is 5.75 Å². The molecule has 1 unspecified atom stereocenters. The Kier molecular flexibility index (Phi) is 6.96. The summed E-state index contributed by atoms with van der Waals surface area (Å²) in [5.74, 6) is -0.217. The first-order valence-corrected chi connectivity index (χ1v) is 8.80. The van der Waals surface area contributed by atoms with Gasteiger partial charge in [-0.25, -0.2) is 4.39 Å². The number of halogens is 2. The molecule has 0 saturated heterocycles. The molecule has 0 bridgehead atoms. The highest BCUT2D eigenvalue weighted by Crippen LogP contribution is 2.26. The number of ether oxygens (including phenoxy) is 1. The summed E-state index contributed by atoms with van der Waals surface area (Å²) in [6.07, 6.45) is 0.245. The lowest BCUT2D eigenvalue weighted by Gasteiger charge is -2.16. The number of nitrogens with one attached hydrogen (secondary N) is 1. The van der Waals surface area contributed by atoms with Crippen LogP contribution >= 0.6 is 15.9 Å². The quantitative estimate of drug-likeness (QED) is 0.749. The Morgan fingerprint density at radius 3 is 2.52 bits per heavy atom. The van der Waals surface area contributed by atoms with Crippen LogP contribution in [0.5, 0.6) is 5.75 Å². The van der Waals surface area contributed by atoms with Crippen LogP contribution in [-0.4, -0.2) is 37.6 Å². The van der Waals surface area contributed by atoms with Crippen LogP contribution in [0.25, 0.3) is 0 Å². The van der Waals surface area contributed by atoms with Gasteiger partial charge in [0, 0.05) is 12.2 Å². The average molecular weight is 409 g/mol. The van der Waals surface area contributed by atoms with Crippen molar-refractivity contribution in [2.24, 2.45) is 0 Å². The number of hydrogen-bond donors (Lipinski definition) is 1. The van der Waals surface area contributed by atoms with Crippen LogP contribution in [0.1, 0.15) is 12.5 Å². The van der Waals surface area contributed by atoms with Crippen molar-refractivity contribution in [3.05, 3.63) is 58.3 Å². The lowest BCUT2D eigenvalue weighted by molar-refractivity contribution is -0.122. The molecule has 6 heteroatoms. The molecular formula is C19H22BrFN2O2. The molecule has 4 nitrogen and oxygen atoms in total. The largest absolute Gasteiger partial charge is 0.480 e. The van der Waals surface area contributed by atoms with E-state index in [4.69, 9.17) is 4.74 Å². The smallest absolute Gasteiger partial charge is 0.265 e. The van der Waals surface area contributed by atoms with E-state index < -0.39 is 6.10 Å². The highest BCUT2D eigenvalue weighted by atomic mass is 79.9. The SMILES string of the molecule is CC(Oc1ccc(F)cc1Br)C(=O)Nc1ccc(CCN(C)C)cc1. The highest BCUT2D eigenvalue weighted by Gasteiger charge is 2.16. The molecule has 0 spiro atoms. The van der Waals surface area contributed by atoms with E-state index in [1.165, 1.54) is 23.8 Å². The molecule has 0 fully saturated rings. The Balaban J connectivity index is 1.92. The molecule has 2 rings (SSSR count). The Bertz CT molecular complexity index is 720. The highest BCUT2D eigenvalue weighted by molar-refractivity contribution is 9.10. The van der Waals surface area contributed by atoms with Gasteiger partial charge >= 0.3 is 0 Å². The van der Waals surface area contributed by atoms with Crippen molar-refractivity contribution < 1.29 is 13.9 Å². The number of carbonyl (C=O) groups excluding carboxylic acids is 1.